The minimum atomic E-state index is -0.247. The van der Waals surface area contributed by atoms with Crippen molar-refractivity contribution in [2.75, 3.05) is 18.9 Å². The Kier molecular flexibility index (Phi) is 5.23. The van der Waals surface area contributed by atoms with Gasteiger partial charge in [0, 0.05) is 19.1 Å². The molecular formula is C13H23N5O. The molecule has 1 amide bonds. The van der Waals surface area contributed by atoms with Crippen LogP contribution in [0.3, 0.4) is 0 Å². The predicted molar refractivity (Wildman–Crippen MR) is 76.0 cm³/mol. The molecule has 6 heteroatoms. The van der Waals surface area contributed by atoms with Crippen molar-refractivity contribution in [3.8, 4) is 0 Å². The van der Waals surface area contributed by atoms with Crippen molar-refractivity contribution in [3.05, 3.63) is 17.8 Å². The summed E-state index contributed by atoms with van der Waals surface area (Å²) in [4.78, 5) is 11.4. The highest BCUT2D eigenvalue weighted by Crippen LogP contribution is 2.20. The van der Waals surface area contributed by atoms with Gasteiger partial charge in [-0.05, 0) is 31.4 Å². The summed E-state index contributed by atoms with van der Waals surface area (Å²) < 4.78 is 0. The molecule has 4 N–H and O–H groups in total. The molecule has 106 valence electrons. The number of nitrogens with one attached hydrogen (secondary N) is 2. The van der Waals surface area contributed by atoms with E-state index in [1.54, 1.807) is 19.2 Å². The summed E-state index contributed by atoms with van der Waals surface area (Å²) in [5.74, 6) is 0.906. The van der Waals surface area contributed by atoms with Crippen LogP contribution in [-0.4, -0.2) is 35.2 Å². The maximum atomic E-state index is 11.4. The zero-order chi connectivity index (χ0) is 14.5. The van der Waals surface area contributed by atoms with Gasteiger partial charge >= 0.3 is 0 Å². The van der Waals surface area contributed by atoms with Crippen molar-refractivity contribution in [1.29, 1.82) is 0 Å². The lowest BCUT2D eigenvalue weighted by Crippen LogP contribution is -2.44. The average Bonchev–Trinajstić information content (AvgIpc) is 2.37. The van der Waals surface area contributed by atoms with Crippen LogP contribution in [0.5, 0.6) is 0 Å². The topological polar surface area (TPSA) is 92.9 Å². The normalized spacial score (nSPS) is 14.0. The van der Waals surface area contributed by atoms with Gasteiger partial charge in [-0.25, -0.2) is 0 Å². The number of hydrogen-bond donors (Lipinski definition) is 3. The maximum absolute atomic E-state index is 11.4. The van der Waals surface area contributed by atoms with E-state index < -0.39 is 0 Å². The molecule has 1 heterocycles. The van der Waals surface area contributed by atoms with E-state index in [1.165, 1.54) is 0 Å². The lowest BCUT2D eigenvalue weighted by Gasteiger charge is -2.31. The molecule has 1 atom stereocenters. The highest BCUT2D eigenvalue weighted by atomic mass is 16.1. The van der Waals surface area contributed by atoms with Crippen molar-refractivity contribution < 1.29 is 4.79 Å². The van der Waals surface area contributed by atoms with Crippen molar-refractivity contribution >= 4 is 11.7 Å². The molecule has 0 saturated carbocycles. The molecule has 0 aliphatic rings. The van der Waals surface area contributed by atoms with Gasteiger partial charge in [-0.3, -0.25) is 4.79 Å². The van der Waals surface area contributed by atoms with Crippen LogP contribution in [-0.2, 0) is 0 Å². The molecule has 1 aromatic heterocycles. The SMILES string of the molecule is CNC(=O)c1ccc(NC(C)(CN)CC(C)C)nn1. The number of rotatable bonds is 6. The zero-order valence-electron chi connectivity index (χ0n) is 12.0. The summed E-state index contributed by atoms with van der Waals surface area (Å²) in [7, 11) is 1.56. The zero-order valence-corrected chi connectivity index (χ0v) is 12.0. The first-order chi connectivity index (χ1) is 8.90. The van der Waals surface area contributed by atoms with Gasteiger partial charge in [0.1, 0.15) is 5.82 Å². The van der Waals surface area contributed by atoms with Gasteiger partial charge in [-0.2, -0.15) is 0 Å². The predicted octanol–water partition coefficient (Wildman–Crippen LogP) is 1.01. The quantitative estimate of drug-likeness (QED) is 0.714. The molecule has 0 radical (unpaired) electrons. The molecule has 0 aliphatic carbocycles. The first-order valence-electron chi connectivity index (χ1n) is 6.44. The molecule has 6 nitrogen and oxygen atoms in total. The Morgan fingerprint density at radius 3 is 2.53 bits per heavy atom. The van der Waals surface area contributed by atoms with Gasteiger partial charge in [0.25, 0.3) is 5.91 Å². The van der Waals surface area contributed by atoms with E-state index in [4.69, 9.17) is 5.73 Å². The fraction of sp³-hybridized carbons (Fsp3) is 0.615. The second kappa shape index (κ2) is 6.47. The van der Waals surface area contributed by atoms with Crippen LogP contribution >= 0.6 is 0 Å². The number of nitrogens with zero attached hydrogens (tertiary/aromatic N) is 2. The van der Waals surface area contributed by atoms with Gasteiger partial charge in [0.05, 0.1) is 0 Å². The van der Waals surface area contributed by atoms with Crippen molar-refractivity contribution in [1.82, 2.24) is 15.5 Å². The molecule has 0 bridgehead atoms. The summed E-state index contributed by atoms with van der Waals surface area (Å²) >= 11 is 0. The number of nitrogens with two attached hydrogens (primary N) is 1. The van der Waals surface area contributed by atoms with E-state index in [1.807, 2.05) is 0 Å². The molecular weight excluding hydrogens is 242 g/mol. The number of carbonyl (C=O) groups is 1. The summed E-state index contributed by atoms with van der Waals surface area (Å²) in [6.45, 7) is 6.86. The van der Waals surface area contributed by atoms with E-state index in [2.05, 4.69) is 41.6 Å². The standard InChI is InChI=1S/C13H23N5O/c1-9(2)7-13(3,8-14)16-11-6-5-10(17-18-11)12(19)15-4/h5-6,9H,7-8,14H2,1-4H3,(H,15,19)(H,16,18). The molecule has 19 heavy (non-hydrogen) atoms. The molecule has 1 rings (SSSR count). The Labute approximate surface area is 114 Å². The molecule has 0 aliphatic heterocycles. The minimum absolute atomic E-state index is 0.225. The Hall–Kier alpha value is -1.69. The summed E-state index contributed by atoms with van der Waals surface area (Å²) in [6.07, 6.45) is 0.933. The Morgan fingerprint density at radius 1 is 1.42 bits per heavy atom. The third-order valence-electron chi connectivity index (χ3n) is 2.86. The van der Waals surface area contributed by atoms with E-state index in [0.29, 0.717) is 24.0 Å². The second-order valence-electron chi connectivity index (χ2n) is 5.37. The number of hydrogen-bond acceptors (Lipinski definition) is 5. The monoisotopic (exact) mass is 265 g/mol. The second-order valence-corrected chi connectivity index (χ2v) is 5.37. The van der Waals surface area contributed by atoms with Crippen LogP contribution in [0.15, 0.2) is 12.1 Å². The van der Waals surface area contributed by atoms with Gasteiger partial charge in [-0.1, -0.05) is 13.8 Å². The van der Waals surface area contributed by atoms with Crippen molar-refractivity contribution in [3.63, 3.8) is 0 Å². The van der Waals surface area contributed by atoms with Crippen LogP contribution in [0.4, 0.5) is 5.82 Å². The Balaban J connectivity index is 2.78. The number of amides is 1. The smallest absolute Gasteiger partial charge is 0.271 e. The van der Waals surface area contributed by atoms with E-state index in [-0.39, 0.29) is 11.4 Å². The Bertz CT molecular complexity index is 418. The van der Waals surface area contributed by atoms with Gasteiger partial charge < -0.3 is 16.4 Å². The van der Waals surface area contributed by atoms with Crippen molar-refractivity contribution in [2.24, 2.45) is 11.7 Å². The van der Waals surface area contributed by atoms with Gasteiger partial charge in [0.2, 0.25) is 0 Å². The molecule has 0 saturated heterocycles. The van der Waals surface area contributed by atoms with Crippen LogP contribution in [0, 0.1) is 5.92 Å². The van der Waals surface area contributed by atoms with E-state index in [9.17, 15) is 4.79 Å². The molecule has 1 unspecified atom stereocenters. The van der Waals surface area contributed by atoms with Crippen LogP contribution in [0.1, 0.15) is 37.7 Å². The molecule has 0 fully saturated rings. The lowest BCUT2D eigenvalue weighted by atomic mass is 9.91. The van der Waals surface area contributed by atoms with Crippen molar-refractivity contribution in [2.45, 2.75) is 32.7 Å². The lowest BCUT2D eigenvalue weighted by molar-refractivity contribution is 0.0957. The van der Waals surface area contributed by atoms with Gasteiger partial charge in [0.15, 0.2) is 5.69 Å². The largest absolute Gasteiger partial charge is 0.362 e. The molecule has 0 aromatic carbocycles. The minimum Gasteiger partial charge on any atom is -0.362 e. The maximum Gasteiger partial charge on any atom is 0.271 e. The third kappa shape index (κ3) is 4.48. The first-order valence-corrected chi connectivity index (χ1v) is 6.44. The third-order valence-corrected chi connectivity index (χ3v) is 2.86. The van der Waals surface area contributed by atoms with Crippen LogP contribution < -0.4 is 16.4 Å². The highest BCUT2D eigenvalue weighted by molar-refractivity contribution is 5.91. The fourth-order valence-electron chi connectivity index (χ4n) is 2.04. The van der Waals surface area contributed by atoms with E-state index in [0.717, 1.165) is 6.42 Å². The van der Waals surface area contributed by atoms with Crippen LogP contribution in [0.25, 0.3) is 0 Å². The summed E-state index contributed by atoms with van der Waals surface area (Å²) in [5.41, 5.74) is 5.90. The average molecular weight is 265 g/mol. The highest BCUT2D eigenvalue weighted by Gasteiger charge is 2.24. The number of aromatic nitrogens is 2. The Morgan fingerprint density at radius 2 is 2.11 bits per heavy atom. The summed E-state index contributed by atoms with van der Waals surface area (Å²) in [5, 5.41) is 13.7. The van der Waals surface area contributed by atoms with Crippen LogP contribution in [0.2, 0.25) is 0 Å². The first kappa shape index (κ1) is 15.4. The number of carbonyl (C=O) groups excluding carboxylic acids is 1. The number of anilines is 1. The summed E-state index contributed by atoms with van der Waals surface area (Å²) in [6, 6.07) is 3.38. The van der Waals surface area contributed by atoms with E-state index >= 15 is 0 Å². The fourth-order valence-corrected chi connectivity index (χ4v) is 2.04. The van der Waals surface area contributed by atoms with Gasteiger partial charge in [-0.15, -0.1) is 10.2 Å². The molecule has 1 aromatic rings. The molecule has 0 spiro atoms.